The Morgan fingerprint density at radius 1 is 1.29 bits per heavy atom. The van der Waals surface area contributed by atoms with Gasteiger partial charge in [0.15, 0.2) is 0 Å². The first-order valence-electron chi connectivity index (χ1n) is 6.68. The van der Waals surface area contributed by atoms with Gasteiger partial charge in [0.1, 0.15) is 5.82 Å². The molecule has 110 valence electrons. The van der Waals surface area contributed by atoms with E-state index in [0.29, 0.717) is 5.69 Å². The van der Waals surface area contributed by atoms with Crippen LogP contribution in [0.1, 0.15) is 19.4 Å². The van der Waals surface area contributed by atoms with Gasteiger partial charge >= 0.3 is 0 Å². The SMILES string of the molecule is CC(C)(NCC(=O)Nc1cccnc1)c1cccc(F)c1. The van der Waals surface area contributed by atoms with Gasteiger partial charge in [-0.3, -0.25) is 15.1 Å². The molecule has 0 saturated heterocycles. The molecule has 2 rings (SSSR count). The fourth-order valence-electron chi connectivity index (χ4n) is 1.92. The number of aromatic nitrogens is 1. The van der Waals surface area contributed by atoms with E-state index in [1.54, 1.807) is 30.6 Å². The summed E-state index contributed by atoms with van der Waals surface area (Å²) >= 11 is 0. The van der Waals surface area contributed by atoms with E-state index < -0.39 is 5.54 Å². The molecule has 2 N–H and O–H groups in total. The van der Waals surface area contributed by atoms with Crippen LogP contribution < -0.4 is 10.6 Å². The molecule has 0 atom stereocenters. The van der Waals surface area contributed by atoms with Gasteiger partial charge in [0.05, 0.1) is 18.4 Å². The zero-order valence-electron chi connectivity index (χ0n) is 12.1. The largest absolute Gasteiger partial charge is 0.324 e. The van der Waals surface area contributed by atoms with Gasteiger partial charge in [-0.1, -0.05) is 12.1 Å². The Morgan fingerprint density at radius 3 is 2.76 bits per heavy atom. The average Bonchev–Trinajstić information content (AvgIpc) is 2.46. The number of carbonyl (C=O) groups is 1. The summed E-state index contributed by atoms with van der Waals surface area (Å²) in [5, 5.41) is 5.86. The number of nitrogens with one attached hydrogen (secondary N) is 2. The normalized spacial score (nSPS) is 11.2. The molecule has 0 aliphatic heterocycles. The summed E-state index contributed by atoms with van der Waals surface area (Å²) in [5.41, 5.74) is 0.929. The van der Waals surface area contributed by atoms with Crippen LogP contribution in [0.25, 0.3) is 0 Å². The molecule has 1 aromatic heterocycles. The summed E-state index contributed by atoms with van der Waals surface area (Å²) in [5.74, 6) is -0.463. The van der Waals surface area contributed by atoms with Crippen LogP contribution >= 0.6 is 0 Å². The molecular weight excluding hydrogens is 269 g/mol. The monoisotopic (exact) mass is 287 g/mol. The number of benzene rings is 1. The van der Waals surface area contributed by atoms with E-state index in [-0.39, 0.29) is 18.3 Å². The Kier molecular flexibility index (Phi) is 4.65. The average molecular weight is 287 g/mol. The topological polar surface area (TPSA) is 54.0 Å². The molecule has 0 bridgehead atoms. The highest BCUT2D eigenvalue weighted by Crippen LogP contribution is 2.20. The maximum Gasteiger partial charge on any atom is 0.238 e. The van der Waals surface area contributed by atoms with Gasteiger partial charge in [0.25, 0.3) is 0 Å². The second kappa shape index (κ2) is 6.45. The van der Waals surface area contributed by atoms with Crippen molar-refractivity contribution in [3.05, 3.63) is 60.2 Å². The predicted molar refractivity (Wildman–Crippen MR) is 80.3 cm³/mol. The second-order valence-corrected chi connectivity index (χ2v) is 5.28. The lowest BCUT2D eigenvalue weighted by Gasteiger charge is -2.26. The molecule has 0 radical (unpaired) electrons. The summed E-state index contributed by atoms with van der Waals surface area (Å²) in [6.07, 6.45) is 3.22. The number of nitrogens with zero attached hydrogens (tertiary/aromatic N) is 1. The van der Waals surface area contributed by atoms with Crippen molar-refractivity contribution in [1.82, 2.24) is 10.3 Å². The smallest absolute Gasteiger partial charge is 0.238 e. The Hall–Kier alpha value is -2.27. The molecule has 0 aliphatic carbocycles. The molecule has 2 aromatic rings. The van der Waals surface area contributed by atoms with Gasteiger partial charge in [0.2, 0.25) is 5.91 Å². The number of amides is 1. The van der Waals surface area contributed by atoms with Gasteiger partial charge in [-0.05, 0) is 43.7 Å². The van der Waals surface area contributed by atoms with Crippen molar-refractivity contribution >= 4 is 11.6 Å². The van der Waals surface area contributed by atoms with Crippen LogP contribution in [0.3, 0.4) is 0 Å². The lowest BCUT2D eigenvalue weighted by atomic mass is 9.94. The standard InChI is InChI=1S/C16H18FN3O/c1-16(2,12-5-3-6-13(17)9-12)19-11-15(21)20-14-7-4-8-18-10-14/h3-10,19H,11H2,1-2H3,(H,20,21). The van der Waals surface area contributed by atoms with Crippen molar-refractivity contribution in [2.24, 2.45) is 0 Å². The molecule has 1 aromatic carbocycles. The van der Waals surface area contributed by atoms with Crippen LogP contribution in [-0.2, 0) is 10.3 Å². The molecular formula is C16H18FN3O. The molecule has 21 heavy (non-hydrogen) atoms. The van der Waals surface area contributed by atoms with E-state index in [4.69, 9.17) is 0 Å². The lowest BCUT2D eigenvalue weighted by Crippen LogP contribution is -2.41. The first kappa shape index (κ1) is 15.1. The molecule has 1 heterocycles. The van der Waals surface area contributed by atoms with E-state index in [1.165, 1.54) is 12.1 Å². The molecule has 0 unspecified atom stereocenters. The van der Waals surface area contributed by atoms with Crippen molar-refractivity contribution in [1.29, 1.82) is 0 Å². The van der Waals surface area contributed by atoms with E-state index in [9.17, 15) is 9.18 Å². The van der Waals surface area contributed by atoms with Crippen LogP contribution in [0.15, 0.2) is 48.8 Å². The summed E-state index contributed by atoms with van der Waals surface area (Å²) < 4.78 is 13.3. The first-order chi connectivity index (χ1) is 9.97. The molecule has 0 aliphatic rings. The molecule has 4 nitrogen and oxygen atoms in total. The van der Waals surface area contributed by atoms with E-state index in [1.807, 2.05) is 19.9 Å². The van der Waals surface area contributed by atoms with Crippen LogP contribution in [-0.4, -0.2) is 17.4 Å². The number of pyridine rings is 1. The Morgan fingerprint density at radius 2 is 2.10 bits per heavy atom. The first-order valence-corrected chi connectivity index (χ1v) is 6.68. The summed E-state index contributed by atoms with van der Waals surface area (Å²) in [6.45, 7) is 3.93. The Labute approximate surface area is 123 Å². The highest BCUT2D eigenvalue weighted by atomic mass is 19.1. The third-order valence-corrected chi connectivity index (χ3v) is 3.18. The van der Waals surface area contributed by atoms with Gasteiger partial charge in [-0.25, -0.2) is 4.39 Å². The van der Waals surface area contributed by atoms with Gasteiger partial charge in [-0.2, -0.15) is 0 Å². The van der Waals surface area contributed by atoms with Crippen molar-refractivity contribution in [3.63, 3.8) is 0 Å². The maximum atomic E-state index is 13.3. The van der Waals surface area contributed by atoms with Gasteiger partial charge in [-0.15, -0.1) is 0 Å². The molecule has 1 amide bonds. The number of halogens is 1. The summed E-state index contributed by atoms with van der Waals surface area (Å²) in [6, 6.07) is 9.86. The van der Waals surface area contributed by atoms with Crippen molar-refractivity contribution in [3.8, 4) is 0 Å². The minimum atomic E-state index is -0.506. The van der Waals surface area contributed by atoms with Crippen LogP contribution in [0.4, 0.5) is 10.1 Å². The van der Waals surface area contributed by atoms with Gasteiger partial charge in [0, 0.05) is 11.7 Å². The van der Waals surface area contributed by atoms with E-state index in [0.717, 1.165) is 5.56 Å². The number of carbonyl (C=O) groups excluding carboxylic acids is 1. The van der Waals surface area contributed by atoms with Crippen LogP contribution in [0, 0.1) is 5.82 Å². The third-order valence-electron chi connectivity index (χ3n) is 3.18. The molecule has 0 fully saturated rings. The Bertz CT molecular complexity index is 614. The minimum Gasteiger partial charge on any atom is -0.324 e. The van der Waals surface area contributed by atoms with Crippen LogP contribution in [0.5, 0.6) is 0 Å². The number of hydrogen-bond acceptors (Lipinski definition) is 3. The zero-order chi connectivity index (χ0) is 15.3. The predicted octanol–water partition coefficient (Wildman–Crippen LogP) is 2.68. The number of hydrogen-bond donors (Lipinski definition) is 2. The third kappa shape index (κ3) is 4.36. The Balaban J connectivity index is 1.94. The minimum absolute atomic E-state index is 0.123. The fourth-order valence-corrected chi connectivity index (χ4v) is 1.92. The molecule has 0 spiro atoms. The van der Waals surface area contributed by atoms with Crippen molar-refractivity contribution in [2.75, 3.05) is 11.9 Å². The maximum absolute atomic E-state index is 13.3. The second-order valence-electron chi connectivity index (χ2n) is 5.28. The fraction of sp³-hybridized carbons (Fsp3) is 0.250. The highest BCUT2D eigenvalue weighted by molar-refractivity contribution is 5.92. The van der Waals surface area contributed by atoms with E-state index >= 15 is 0 Å². The van der Waals surface area contributed by atoms with Crippen LogP contribution in [0.2, 0.25) is 0 Å². The number of rotatable bonds is 5. The molecule has 5 heteroatoms. The molecule has 0 saturated carbocycles. The zero-order valence-corrected chi connectivity index (χ0v) is 12.1. The summed E-state index contributed by atoms with van der Waals surface area (Å²) in [7, 11) is 0. The number of anilines is 1. The quantitative estimate of drug-likeness (QED) is 0.889. The summed E-state index contributed by atoms with van der Waals surface area (Å²) in [4.78, 5) is 15.8. The van der Waals surface area contributed by atoms with E-state index in [2.05, 4.69) is 15.6 Å². The van der Waals surface area contributed by atoms with Gasteiger partial charge < -0.3 is 5.32 Å². The highest BCUT2D eigenvalue weighted by Gasteiger charge is 2.21. The lowest BCUT2D eigenvalue weighted by molar-refractivity contribution is -0.115. The van der Waals surface area contributed by atoms with Crippen molar-refractivity contribution < 1.29 is 9.18 Å². The van der Waals surface area contributed by atoms with Crippen molar-refractivity contribution in [2.45, 2.75) is 19.4 Å².